The molecule has 1 aliphatic rings. The fraction of sp³-hybridized carbons (Fsp3) is 0.667. The van der Waals surface area contributed by atoms with Gasteiger partial charge in [0.25, 0.3) is 0 Å². The van der Waals surface area contributed by atoms with Crippen LogP contribution in [-0.2, 0) is 0 Å². The van der Waals surface area contributed by atoms with E-state index < -0.39 is 6.17 Å². The summed E-state index contributed by atoms with van der Waals surface area (Å²) in [5.41, 5.74) is 0. The topological polar surface area (TPSA) is 0 Å². The van der Waals surface area contributed by atoms with Crippen LogP contribution in [0, 0.1) is 0 Å². The molecule has 0 spiro atoms. The van der Waals surface area contributed by atoms with Crippen molar-refractivity contribution in [2.24, 2.45) is 0 Å². The minimum atomic E-state index is -0.800. The summed E-state index contributed by atoms with van der Waals surface area (Å²) in [6, 6.07) is 0. The van der Waals surface area contributed by atoms with Crippen LogP contribution in [-0.4, -0.2) is 11.5 Å². The van der Waals surface area contributed by atoms with E-state index in [9.17, 15) is 4.39 Å². The molecule has 2 atom stereocenters. The zero-order valence-electron chi connectivity index (χ0n) is 4.48. The Balaban J connectivity index is 2.42. The molecule has 0 aliphatic heterocycles. The molecule has 0 aromatic carbocycles. The third kappa shape index (κ3) is 1.48. The smallest absolute Gasteiger partial charge is 0.120 e. The maximum absolute atomic E-state index is 12.3. The second kappa shape index (κ2) is 2.49. The van der Waals surface area contributed by atoms with E-state index in [1.807, 2.05) is 0 Å². The molecule has 0 nitrogen and oxygen atoms in total. The summed E-state index contributed by atoms with van der Waals surface area (Å²) in [7, 11) is 0. The van der Waals surface area contributed by atoms with Crippen molar-refractivity contribution >= 4 is 11.6 Å². The maximum Gasteiger partial charge on any atom is 0.120 e. The van der Waals surface area contributed by atoms with Gasteiger partial charge >= 0.3 is 0 Å². The molecule has 1 aliphatic carbocycles. The van der Waals surface area contributed by atoms with Crippen molar-refractivity contribution in [3.05, 3.63) is 12.2 Å². The van der Waals surface area contributed by atoms with Crippen molar-refractivity contribution in [3.8, 4) is 0 Å². The van der Waals surface area contributed by atoms with Crippen LogP contribution in [0.2, 0.25) is 0 Å². The van der Waals surface area contributed by atoms with Crippen LogP contribution in [0.5, 0.6) is 0 Å². The van der Waals surface area contributed by atoms with Gasteiger partial charge in [-0.1, -0.05) is 12.2 Å². The zero-order chi connectivity index (χ0) is 5.98. The molecule has 8 heavy (non-hydrogen) atoms. The molecule has 1 rings (SSSR count). The number of halogens is 2. The monoisotopic (exact) mass is 134 g/mol. The minimum Gasteiger partial charge on any atom is -0.243 e. The van der Waals surface area contributed by atoms with E-state index in [1.165, 1.54) is 0 Å². The van der Waals surface area contributed by atoms with Crippen LogP contribution in [0.3, 0.4) is 0 Å². The van der Waals surface area contributed by atoms with Gasteiger partial charge in [0.05, 0.1) is 0 Å². The van der Waals surface area contributed by atoms with Gasteiger partial charge in [-0.2, -0.15) is 0 Å². The fourth-order valence-electron chi connectivity index (χ4n) is 0.793. The van der Waals surface area contributed by atoms with Crippen LogP contribution in [0.25, 0.3) is 0 Å². The van der Waals surface area contributed by atoms with Crippen molar-refractivity contribution in [1.82, 2.24) is 0 Å². The third-order valence-electron chi connectivity index (χ3n) is 1.22. The third-order valence-corrected chi connectivity index (χ3v) is 1.57. The van der Waals surface area contributed by atoms with Gasteiger partial charge in [-0.15, -0.1) is 11.6 Å². The van der Waals surface area contributed by atoms with Crippen molar-refractivity contribution in [2.75, 3.05) is 0 Å². The average molecular weight is 135 g/mol. The average Bonchev–Trinajstić information content (AvgIpc) is 1.64. The van der Waals surface area contributed by atoms with Gasteiger partial charge in [0.1, 0.15) is 6.17 Å². The standard InChI is InChI=1S/C6H8ClF/c7-5-2-1-3-6(8)4-5/h1,3,5-6H,2,4H2/t5-,6+/m0/s1. The molecule has 0 aromatic rings. The first-order valence-corrected chi connectivity index (χ1v) is 3.17. The van der Waals surface area contributed by atoms with Gasteiger partial charge in [0.2, 0.25) is 0 Å². The first-order chi connectivity index (χ1) is 3.79. The second-order valence-electron chi connectivity index (χ2n) is 2.01. The van der Waals surface area contributed by atoms with E-state index in [0.717, 1.165) is 6.42 Å². The van der Waals surface area contributed by atoms with Gasteiger partial charge in [-0.05, 0) is 12.8 Å². The number of allylic oxidation sites excluding steroid dienone is 2. The van der Waals surface area contributed by atoms with Crippen LogP contribution < -0.4 is 0 Å². The Hall–Kier alpha value is -0.0400. The normalized spacial score (nSPS) is 37.8. The molecule has 0 unspecified atom stereocenters. The predicted molar refractivity (Wildman–Crippen MR) is 32.9 cm³/mol. The van der Waals surface area contributed by atoms with E-state index in [1.54, 1.807) is 12.2 Å². The van der Waals surface area contributed by atoms with Gasteiger partial charge < -0.3 is 0 Å². The van der Waals surface area contributed by atoms with Crippen molar-refractivity contribution in [3.63, 3.8) is 0 Å². The second-order valence-corrected chi connectivity index (χ2v) is 2.63. The Bertz CT molecular complexity index is 101. The molecule has 0 saturated heterocycles. The highest BCUT2D eigenvalue weighted by Gasteiger charge is 2.13. The zero-order valence-corrected chi connectivity index (χ0v) is 5.24. The Morgan fingerprint density at radius 1 is 1.62 bits per heavy atom. The first kappa shape index (κ1) is 6.09. The number of hydrogen-bond donors (Lipinski definition) is 0. The molecule has 0 bridgehead atoms. The summed E-state index contributed by atoms with van der Waals surface area (Å²) >= 11 is 5.62. The summed E-state index contributed by atoms with van der Waals surface area (Å²) in [5, 5.41) is 0.0231. The molecule has 0 fully saturated rings. The molecule has 0 amide bonds. The summed E-state index contributed by atoms with van der Waals surface area (Å²) in [6.45, 7) is 0. The van der Waals surface area contributed by atoms with Gasteiger partial charge in [-0.25, -0.2) is 4.39 Å². The highest BCUT2D eigenvalue weighted by molar-refractivity contribution is 6.20. The molecule has 0 aromatic heterocycles. The van der Waals surface area contributed by atoms with Crippen molar-refractivity contribution in [2.45, 2.75) is 24.4 Å². The van der Waals surface area contributed by atoms with Gasteiger partial charge in [-0.3, -0.25) is 0 Å². The molecule has 2 heteroatoms. The van der Waals surface area contributed by atoms with Gasteiger partial charge in [0, 0.05) is 5.38 Å². The molecular weight excluding hydrogens is 127 g/mol. The van der Waals surface area contributed by atoms with Crippen molar-refractivity contribution in [1.29, 1.82) is 0 Å². The number of alkyl halides is 2. The quantitative estimate of drug-likeness (QED) is 0.352. The lowest BCUT2D eigenvalue weighted by molar-refractivity contribution is 0.364. The molecule has 46 valence electrons. The van der Waals surface area contributed by atoms with Gasteiger partial charge in [0.15, 0.2) is 0 Å². The first-order valence-electron chi connectivity index (χ1n) is 2.74. The molecule has 0 heterocycles. The Kier molecular flexibility index (Phi) is 1.90. The SMILES string of the molecule is F[C@@H]1C=CC[C@H](Cl)C1. The van der Waals surface area contributed by atoms with E-state index in [0.29, 0.717) is 6.42 Å². The summed E-state index contributed by atoms with van der Waals surface area (Å²) < 4.78 is 12.3. The maximum atomic E-state index is 12.3. The van der Waals surface area contributed by atoms with E-state index in [4.69, 9.17) is 11.6 Å². The Morgan fingerprint density at radius 3 is 2.75 bits per heavy atom. The lowest BCUT2D eigenvalue weighted by atomic mass is 10.1. The largest absolute Gasteiger partial charge is 0.243 e. The lowest BCUT2D eigenvalue weighted by Gasteiger charge is -2.12. The molecule has 0 radical (unpaired) electrons. The van der Waals surface area contributed by atoms with Crippen LogP contribution in [0.1, 0.15) is 12.8 Å². The summed E-state index contributed by atoms with van der Waals surface area (Å²) in [5.74, 6) is 0. The van der Waals surface area contributed by atoms with Crippen LogP contribution in [0.15, 0.2) is 12.2 Å². The minimum absolute atomic E-state index is 0.0231. The Labute approximate surface area is 53.3 Å². The number of rotatable bonds is 0. The fourth-order valence-corrected chi connectivity index (χ4v) is 1.07. The predicted octanol–water partition coefficient (Wildman–Crippen LogP) is 2.28. The summed E-state index contributed by atoms with van der Waals surface area (Å²) in [4.78, 5) is 0. The Morgan fingerprint density at radius 2 is 2.38 bits per heavy atom. The lowest BCUT2D eigenvalue weighted by Crippen LogP contribution is -2.10. The van der Waals surface area contributed by atoms with E-state index >= 15 is 0 Å². The van der Waals surface area contributed by atoms with E-state index in [2.05, 4.69) is 0 Å². The van der Waals surface area contributed by atoms with Crippen molar-refractivity contribution < 1.29 is 4.39 Å². The van der Waals surface area contributed by atoms with E-state index in [-0.39, 0.29) is 5.38 Å². The molecular formula is C6H8ClF. The van der Waals surface area contributed by atoms with Crippen LogP contribution in [0.4, 0.5) is 4.39 Å². The number of hydrogen-bond acceptors (Lipinski definition) is 0. The molecule has 0 N–H and O–H groups in total. The highest BCUT2D eigenvalue weighted by atomic mass is 35.5. The highest BCUT2D eigenvalue weighted by Crippen LogP contribution is 2.18. The summed E-state index contributed by atoms with van der Waals surface area (Å²) in [6.07, 6.45) is 3.87. The van der Waals surface area contributed by atoms with Crippen LogP contribution >= 0.6 is 11.6 Å². The molecule has 0 saturated carbocycles.